The summed E-state index contributed by atoms with van der Waals surface area (Å²) in [5, 5.41) is 9.16. The number of aryl methyl sites for hydroxylation is 1. The highest BCUT2D eigenvalue weighted by Crippen LogP contribution is 2.27. The first-order valence-electron chi connectivity index (χ1n) is 10.7. The molecular weight excluding hydrogens is 492 g/mol. The number of hydrogen-bond acceptors (Lipinski definition) is 8. The van der Waals surface area contributed by atoms with Gasteiger partial charge in [-0.05, 0) is 49.4 Å². The topological polar surface area (TPSA) is 120 Å². The largest absolute Gasteiger partial charge is 0.497 e. The Morgan fingerprint density at radius 1 is 1.06 bits per heavy atom. The molecule has 0 bridgehead atoms. The highest BCUT2D eigenvalue weighted by molar-refractivity contribution is 7.89. The lowest BCUT2D eigenvalue weighted by Crippen LogP contribution is -2.29. The quantitative estimate of drug-likeness (QED) is 0.308. The van der Waals surface area contributed by atoms with E-state index in [1.807, 2.05) is 19.1 Å². The molecule has 0 saturated heterocycles. The normalized spacial score (nSPS) is 11.7. The lowest BCUT2D eigenvalue weighted by molar-refractivity contribution is 0.178. The van der Waals surface area contributed by atoms with E-state index >= 15 is 0 Å². The molecule has 10 nitrogen and oxygen atoms in total. The molecule has 35 heavy (non-hydrogen) atoms. The Morgan fingerprint density at radius 3 is 2.51 bits per heavy atom. The second-order valence-electron chi connectivity index (χ2n) is 7.60. The van der Waals surface area contributed by atoms with Gasteiger partial charge < -0.3 is 14.8 Å². The molecule has 2 N–H and O–H groups in total. The molecule has 0 radical (unpaired) electrons. The van der Waals surface area contributed by atoms with Gasteiger partial charge in [0.2, 0.25) is 10.0 Å². The smallest absolute Gasteiger partial charge is 0.240 e. The first-order valence-corrected chi connectivity index (χ1v) is 12.6. The lowest BCUT2D eigenvalue weighted by atomic mass is 10.3. The van der Waals surface area contributed by atoms with E-state index in [-0.39, 0.29) is 24.6 Å². The standard InChI is InChI=1S/C23H25ClN6O4S/c1-15-21-22(25-11-12-26-35(31,32)19-9-7-18(34-3)8-10-19)27-20(14-33-2)28-23(21)30(29-15)17-6-4-5-16(24)13-17/h4-10,13,26H,11-12,14H2,1-3H3,(H,25,27,28). The van der Waals surface area contributed by atoms with Crippen molar-refractivity contribution in [1.29, 1.82) is 0 Å². The Balaban J connectivity index is 1.56. The van der Waals surface area contributed by atoms with E-state index in [0.29, 0.717) is 33.8 Å². The van der Waals surface area contributed by atoms with Crippen molar-refractivity contribution in [2.45, 2.75) is 18.4 Å². The van der Waals surface area contributed by atoms with Crippen LogP contribution < -0.4 is 14.8 Å². The van der Waals surface area contributed by atoms with Crippen LogP contribution in [0, 0.1) is 6.92 Å². The summed E-state index contributed by atoms with van der Waals surface area (Å²) in [6, 6.07) is 13.5. The number of fused-ring (bicyclic) bond motifs is 1. The van der Waals surface area contributed by atoms with Crippen LogP contribution in [0.15, 0.2) is 53.4 Å². The number of aromatic nitrogens is 4. The molecule has 4 rings (SSSR count). The van der Waals surface area contributed by atoms with Gasteiger partial charge in [-0.1, -0.05) is 17.7 Å². The third-order valence-corrected chi connectivity index (χ3v) is 6.87. The van der Waals surface area contributed by atoms with Gasteiger partial charge in [-0.2, -0.15) is 5.10 Å². The maximum absolute atomic E-state index is 12.6. The van der Waals surface area contributed by atoms with Crippen LogP contribution in [0.3, 0.4) is 0 Å². The molecule has 12 heteroatoms. The summed E-state index contributed by atoms with van der Waals surface area (Å²) >= 11 is 6.18. The minimum Gasteiger partial charge on any atom is -0.497 e. The van der Waals surface area contributed by atoms with Crippen LogP contribution in [0.25, 0.3) is 16.7 Å². The monoisotopic (exact) mass is 516 g/mol. The third kappa shape index (κ3) is 5.54. The molecule has 0 aliphatic rings. The van der Waals surface area contributed by atoms with Crippen molar-refractivity contribution in [3.63, 3.8) is 0 Å². The zero-order valence-electron chi connectivity index (χ0n) is 19.4. The summed E-state index contributed by atoms with van der Waals surface area (Å²) in [6.45, 7) is 2.49. The number of halogens is 1. The summed E-state index contributed by atoms with van der Waals surface area (Å²) in [4.78, 5) is 9.36. The molecule has 0 fully saturated rings. The first-order chi connectivity index (χ1) is 16.8. The second-order valence-corrected chi connectivity index (χ2v) is 9.80. The fourth-order valence-electron chi connectivity index (χ4n) is 3.54. The van der Waals surface area contributed by atoms with Crippen molar-refractivity contribution in [3.05, 3.63) is 65.1 Å². The highest BCUT2D eigenvalue weighted by atomic mass is 35.5. The predicted octanol–water partition coefficient (Wildman–Crippen LogP) is 3.32. The predicted molar refractivity (Wildman–Crippen MR) is 134 cm³/mol. The van der Waals surface area contributed by atoms with Gasteiger partial charge in [0.25, 0.3) is 0 Å². The van der Waals surface area contributed by atoms with Gasteiger partial charge in [0.15, 0.2) is 11.5 Å². The Hall–Kier alpha value is -3.25. The number of benzene rings is 2. The average molecular weight is 517 g/mol. The van der Waals surface area contributed by atoms with E-state index in [2.05, 4.69) is 25.1 Å². The molecule has 0 saturated carbocycles. The van der Waals surface area contributed by atoms with Gasteiger partial charge in [0, 0.05) is 25.2 Å². The van der Waals surface area contributed by atoms with Gasteiger partial charge in [-0.15, -0.1) is 0 Å². The van der Waals surface area contributed by atoms with Gasteiger partial charge in [0.1, 0.15) is 18.2 Å². The maximum atomic E-state index is 12.6. The number of nitrogens with one attached hydrogen (secondary N) is 2. The van der Waals surface area contributed by atoms with Crippen LogP contribution in [-0.2, 0) is 21.4 Å². The minimum absolute atomic E-state index is 0.140. The van der Waals surface area contributed by atoms with Crippen molar-refractivity contribution in [1.82, 2.24) is 24.5 Å². The van der Waals surface area contributed by atoms with E-state index in [1.54, 1.807) is 36.1 Å². The zero-order chi connectivity index (χ0) is 25.0. The van der Waals surface area contributed by atoms with Crippen molar-refractivity contribution in [2.75, 3.05) is 32.6 Å². The number of nitrogens with zero attached hydrogens (tertiary/aromatic N) is 4. The van der Waals surface area contributed by atoms with Gasteiger partial charge in [0.05, 0.1) is 28.8 Å². The molecule has 4 aromatic rings. The summed E-state index contributed by atoms with van der Waals surface area (Å²) in [7, 11) is -0.583. The molecule has 0 unspecified atom stereocenters. The summed E-state index contributed by atoms with van der Waals surface area (Å²) in [5.41, 5.74) is 2.06. The summed E-state index contributed by atoms with van der Waals surface area (Å²) in [5.74, 6) is 1.58. The number of sulfonamides is 1. The first kappa shape index (κ1) is 24.9. The van der Waals surface area contributed by atoms with Crippen molar-refractivity contribution in [2.24, 2.45) is 0 Å². The number of ether oxygens (including phenoxy) is 2. The zero-order valence-corrected chi connectivity index (χ0v) is 21.0. The fourth-order valence-corrected chi connectivity index (χ4v) is 4.76. The van der Waals surface area contributed by atoms with Crippen LogP contribution in [-0.4, -0.2) is 55.5 Å². The van der Waals surface area contributed by atoms with Crippen LogP contribution in [0.5, 0.6) is 5.75 Å². The molecule has 0 spiro atoms. The van der Waals surface area contributed by atoms with Crippen LogP contribution >= 0.6 is 11.6 Å². The molecular formula is C23H25ClN6O4S. The van der Waals surface area contributed by atoms with E-state index < -0.39 is 10.0 Å². The molecule has 0 aliphatic carbocycles. The van der Waals surface area contributed by atoms with E-state index in [9.17, 15) is 8.42 Å². The second kappa shape index (κ2) is 10.6. The Kier molecular flexibility index (Phi) is 7.51. The van der Waals surface area contributed by atoms with Crippen LogP contribution in [0.1, 0.15) is 11.5 Å². The Morgan fingerprint density at radius 2 is 1.83 bits per heavy atom. The Labute approximate surface area is 208 Å². The molecule has 2 heterocycles. The molecule has 184 valence electrons. The molecule has 0 atom stereocenters. The average Bonchev–Trinajstić information content (AvgIpc) is 3.18. The van der Waals surface area contributed by atoms with Crippen molar-refractivity contribution >= 4 is 38.5 Å². The van der Waals surface area contributed by atoms with E-state index in [0.717, 1.165) is 11.1 Å². The minimum atomic E-state index is -3.67. The summed E-state index contributed by atoms with van der Waals surface area (Å²) in [6.07, 6.45) is 0. The number of rotatable bonds is 10. The summed E-state index contributed by atoms with van der Waals surface area (Å²) < 4.78 is 39.8. The van der Waals surface area contributed by atoms with Crippen LogP contribution in [0.4, 0.5) is 5.82 Å². The van der Waals surface area contributed by atoms with E-state index in [4.69, 9.17) is 21.1 Å². The van der Waals surface area contributed by atoms with Gasteiger partial charge in [-0.3, -0.25) is 0 Å². The van der Waals surface area contributed by atoms with Crippen LogP contribution in [0.2, 0.25) is 5.02 Å². The van der Waals surface area contributed by atoms with Crippen molar-refractivity contribution < 1.29 is 17.9 Å². The number of hydrogen-bond donors (Lipinski definition) is 2. The Bertz CT molecular complexity index is 1440. The van der Waals surface area contributed by atoms with Gasteiger partial charge >= 0.3 is 0 Å². The third-order valence-electron chi connectivity index (χ3n) is 5.15. The fraction of sp³-hybridized carbons (Fsp3) is 0.261. The molecule has 2 aromatic carbocycles. The maximum Gasteiger partial charge on any atom is 0.240 e. The van der Waals surface area contributed by atoms with E-state index in [1.165, 1.54) is 19.2 Å². The van der Waals surface area contributed by atoms with Gasteiger partial charge in [-0.25, -0.2) is 27.8 Å². The lowest BCUT2D eigenvalue weighted by Gasteiger charge is -2.11. The molecule has 2 aromatic heterocycles. The van der Waals surface area contributed by atoms with Crippen molar-refractivity contribution in [3.8, 4) is 11.4 Å². The molecule has 0 amide bonds. The SMILES string of the molecule is COCc1nc(NCCNS(=O)(=O)c2ccc(OC)cc2)c2c(C)nn(-c3cccc(Cl)c3)c2n1. The number of methoxy groups -OCH3 is 2. The highest BCUT2D eigenvalue weighted by Gasteiger charge is 2.18. The molecule has 0 aliphatic heterocycles. The number of anilines is 1.